The molecule has 0 saturated heterocycles. The lowest BCUT2D eigenvalue weighted by molar-refractivity contribution is -0.117. The largest absolute Gasteiger partial charge is 0.335 e. The SMILES string of the molecule is CC(Sc1nnc(-c2ccccc2)n1N)C(=O)N(C)c1ccccc1. The van der Waals surface area contributed by atoms with Crippen LogP contribution in [-0.4, -0.2) is 33.1 Å². The van der Waals surface area contributed by atoms with Crippen LogP contribution >= 0.6 is 11.8 Å². The van der Waals surface area contributed by atoms with Gasteiger partial charge in [-0.25, -0.2) is 4.68 Å². The molecule has 1 heterocycles. The highest BCUT2D eigenvalue weighted by Gasteiger charge is 2.23. The van der Waals surface area contributed by atoms with Gasteiger partial charge in [-0.1, -0.05) is 60.3 Å². The molecule has 0 fully saturated rings. The van der Waals surface area contributed by atoms with Crippen LogP contribution in [0.2, 0.25) is 0 Å². The molecule has 0 saturated carbocycles. The van der Waals surface area contributed by atoms with Gasteiger partial charge in [0, 0.05) is 18.3 Å². The van der Waals surface area contributed by atoms with E-state index in [-0.39, 0.29) is 11.2 Å². The highest BCUT2D eigenvalue weighted by molar-refractivity contribution is 8.00. The Hall–Kier alpha value is -2.80. The Morgan fingerprint density at radius 2 is 1.68 bits per heavy atom. The monoisotopic (exact) mass is 353 g/mol. The van der Waals surface area contributed by atoms with Crippen LogP contribution in [0.3, 0.4) is 0 Å². The second kappa shape index (κ2) is 7.40. The zero-order valence-electron chi connectivity index (χ0n) is 14.0. The van der Waals surface area contributed by atoms with Crippen LogP contribution in [-0.2, 0) is 4.79 Å². The minimum absolute atomic E-state index is 0.0274. The summed E-state index contributed by atoms with van der Waals surface area (Å²) in [5.41, 5.74) is 1.73. The van der Waals surface area contributed by atoms with E-state index < -0.39 is 0 Å². The third-order valence-electron chi connectivity index (χ3n) is 3.80. The third-order valence-corrected chi connectivity index (χ3v) is 4.84. The molecular formula is C18H19N5OS. The molecule has 7 heteroatoms. The van der Waals surface area contributed by atoms with Gasteiger partial charge in [-0.3, -0.25) is 4.79 Å². The van der Waals surface area contributed by atoms with E-state index in [1.54, 1.807) is 11.9 Å². The summed E-state index contributed by atoms with van der Waals surface area (Å²) in [6, 6.07) is 19.1. The average molecular weight is 353 g/mol. The molecular weight excluding hydrogens is 334 g/mol. The van der Waals surface area contributed by atoms with Crippen LogP contribution in [0.1, 0.15) is 6.92 Å². The van der Waals surface area contributed by atoms with Gasteiger partial charge in [-0.05, 0) is 19.1 Å². The summed E-state index contributed by atoms with van der Waals surface area (Å²) in [5.74, 6) is 6.66. The molecule has 3 rings (SSSR count). The van der Waals surface area contributed by atoms with Crippen molar-refractivity contribution in [1.29, 1.82) is 0 Å². The number of nitrogens with two attached hydrogens (primary N) is 1. The highest BCUT2D eigenvalue weighted by Crippen LogP contribution is 2.26. The van der Waals surface area contributed by atoms with E-state index in [1.165, 1.54) is 16.4 Å². The van der Waals surface area contributed by atoms with Crippen molar-refractivity contribution in [3.05, 3.63) is 60.7 Å². The van der Waals surface area contributed by atoms with Gasteiger partial charge in [-0.15, -0.1) is 10.2 Å². The molecule has 0 spiro atoms. The van der Waals surface area contributed by atoms with E-state index >= 15 is 0 Å². The zero-order valence-corrected chi connectivity index (χ0v) is 14.9. The summed E-state index contributed by atoms with van der Waals surface area (Å²) < 4.78 is 1.42. The zero-order chi connectivity index (χ0) is 17.8. The first kappa shape index (κ1) is 17.0. The Kier molecular flexibility index (Phi) is 5.04. The van der Waals surface area contributed by atoms with Crippen LogP contribution < -0.4 is 10.7 Å². The number of rotatable bonds is 5. The summed E-state index contributed by atoms with van der Waals surface area (Å²) in [5, 5.41) is 8.42. The fourth-order valence-electron chi connectivity index (χ4n) is 2.40. The van der Waals surface area contributed by atoms with E-state index in [4.69, 9.17) is 5.84 Å². The second-order valence-electron chi connectivity index (χ2n) is 5.54. The maximum atomic E-state index is 12.6. The van der Waals surface area contributed by atoms with Crippen molar-refractivity contribution in [2.75, 3.05) is 17.8 Å². The molecule has 2 N–H and O–H groups in total. The predicted molar refractivity (Wildman–Crippen MR) is 101 cm³/mol. The van der Waals surface area contributed by atoms with Crippen LogP contribution in [0.5, 0.6) is 0 Å². The number of benzene rings is 2. The quantitative estimate of drug-likeness (QED) is 0.564. The first-order valence-corrected chi connectivity index (χ1v) is 8.71. The lowest BCUT2D eigenvalue weighted by atomic mass is 10.2. The Morgan fingerprint density at radius 3 is 2.32 bits per heavy atom. The molecule has 0 bridgehead atoms. The number of nitrogen functional groups attached to an aromatic ring is 1. The number of aromatic nitrogens is 3. The van der Waals surface area contributed by atoms with Crippen molar-refractivity contribution in [3.8, 4) is 11.4 Å². The van der Waals surface area contributed by atoms with Gasteiger partial charge >= 0.3 is 0 Å². The molecule has 2 aromatic carbocycles. The molecule has 0 aliphatic rings. The summed E-state index contributed by atoms with van der Waals surface area (Å²) in [6.45, 7) is 1.84. The van der Waals surface area contributed by atoms with Gasteiger partial charge in [0.1, 0.15) is 0 Å². The standard InChI is InChI=1S/C18H19N5OS/c1-13(17(24)22(2)15-11-7-4-8-12-15)25-18-21-20-16(23(18)19)14-9-5-3-6-10-14/h3-13H,19H2,1-2H3. The van der Waals surface area contributed by atoms with Crippen LogP contribution in [0, 0.1) is 0 Å². The fraction of sp³-hybridized carbons (Fsp3) is 0.167. The van der Waals surface area contributed by atoms with Gasteiger partial charge in [0.05, 0.1) is 5.25 Å². The van der Waals surface area contributed by atoms with Crippen molar-refractivity contribution in [2.24, 2.45) is 0 Å². The van der Waals surface area contributed by atoms with E-state index in [0.717, 1.165) is 11.3 Å². The summed E-state index contributed by atoms with van der Waals surface area (Å²) in [6.07, 6.45) is 0. The molecule has 0 aliphatic heterocycles. The molecule has 0 aliphatic carbocycles. The number of carbonyl (C=O) groups excluding carboxylic acids is 1. The minimum Gasteiger partial charge on any atom is -0.335 e. The van der Waals surface area contributed by atoms with Crippen LogP contribution in [0.4, 0.5) is 5.69 Å². The predicted octanol–water partition coefficient (Wildman–Crippen LogP) is 2.80. The van der Waals surface area contributed by atoms with Gasteiger partial charge < -0.3 is 10.7 Å². The van der Waals surface area contributed by atoms with Crippen molar-refractivity contribution in [1.82, 2.24) is 14.9 Å². The maximum absolute atomic E-state index is 12.6. The molecule has 1 unspecified atom stereocenters. The van der Waals surface area contributed by atoms with E-state index in [1.807, 2.05) is 67.6 Å². The van der Waals surface area contributed by atoms with Gasteiger partial charge in [0.15, 0.2) is 5.82 Å². The lowest BCUT2D eigenvalue weighted by Crippen LogP contribution is -2.33. The Balaban J connectivity index is 1.74. The number of para-hydroxylation sites is 1. The Labute approximate surface area is 150 Å². The van der Waals surface area contributed by atoms with Crippen LogP contribution in [0.25, 0.3) is 11.4 Å². The summed E-state index contributed by atoms with van der Waals surface area (Å²) >= 11 is 1.29. The number of amides is 1. The smallest absolute Gasteiger partial charge is 0.240 e. The van der Waals surface area contributed by atoms with Gasteiger partial charge in [0.25, 0.3) is 0 Å². The van der Waals surface area contributed by atoms with Crippen molar-refractivity contribution < 1.29 is 4.79 Å². The summed E-state index contributed by atoms with van der Waals surface area (Å²) in [4.78, 5) is 14.3. The first-order valence-electron chi connectivity index (χ1n) is 7.83. The number of anilines is 1. The first-order chi connectivity index (χ1) is 12.1. The topological polar surface area (TPSA) is 77.0 Å². The molecule has 3 aromatic rings. The van der Waals surface area contributed by atoms with Gasteiger partial charge in [-0.2, -0.15) is 0 Å². The molecule has 0 radical (unpaired) electrons. The fourth-order valence-corrected chi connectivity index (χ4v) is 3.26. The lowest BCUT2D eigenvalue weighted by Gasteiger charge is -2.20. The van der Waals surface area contributed by atoms with Gasteiger partial charge in [0.2, 0.25) is 11.1 Å². The van der Waals surface area contributed by atoms with Crippen molar-refractivity contribution in [3.63, 3.8) is 0 Å². The number of thioether (sulfide) groups is 1. The highest BCUT2D eigenvalue weighted by atomic mass is 32.2. The summed E-state index contributed by atoms with van der Waals surface area (Å²) in [7, 11) is 1.76. The average Bonchev–Trinajstić information content (AvgIpc) is 3.02. The molecule has 1 atom stereocenters. The molecule has 6 nitrogen and oxygen atoms in total. The van der Waals surface area contributed by atoms with E-state index in [2.05, 4.69) is 10.2 Å². The van der Waals surface area contributed by atoms with Crippen molar-refractivity contribution in [2.45, 2.75) is 17.3 Å². The number of hydrogen-bond donors (Lipinski definition) is 1. The normalized spacial score (nSPS) is 11.9. The molecule has 1 aromatic heterocycles. The second-order valence-corrected chi connectivity index (χ2v) is 6.84. The Morgan fingerprint density at radius 1 is 1.08 bits per heavy atom. The van der Waals surface area contributed by atoms with Crippen molar-refractivity contribution >= 4 is 23.4 Å². The maximum Gasteiger partial charge on any atom is 0.240 e. The molecule has 25 heavy (non-hydrogen) atoms. The third kappa shape index (κ3) is 3.66. The number of nitrogens with zero attached hydrogens (tertiary/aromatic N) is 4. The molecule has 128 valence electrons. The number of carbonyl (C=O) groups is 1. The van der Waals surface area contributed by atoms with E-state index in [0.29, 0.717) is 11.0 Å². The Bertz CT molecular complexity index is 850. The minimum atomic E-state index is -0.347. The van der Waals surface area contributed by atoms with E-state index in [9.17, 15) is 4.79 Å². The molecule has 1 amide bonds. The number of hydrogen-bond acceptors (Lipinski definition) is 5. The van der Waals surface area contributed by atoms with Crippen LogP contribution in [0.15, 0.2) is 65.8 Å².